The van der Waals surface area contributed by atoms with Crippen molar-refractivity contribution in [3.63, 3.8) is 0 Å². The fourth-order valence-electron chi connectivity index (χ4n) is 3.47. The smallest absolute Gasteiger partial charge is 0.230 e. The molecule has 0 spiro atoms. The van der Waals surface area contributed by atoms with Crippen molar-refractivity contribution < 1.29 is 9.69 Å². The molecule has 0 aliphatic carbocycles. The molecular weight excluding hydrogens is 328 g/mol. The summed E-state index contributed by atoms with van der Waals surface area (Å²) in [4.78, 5) is 15.0. The molecule has 132 valence electrons. The molecule has 2 N–H and O–H groups in total. The summed E-state index contributed by atoms with van der Waals surface area (Å²) >= 11 is 1.63. The highest BCUT2D eigenvalue weighted by Crippen LogP contribution is 2.22. The van der Waals surface area contributed by atoms with E-state index in [2.05, 4.69) is 67.7 Å². The summed E-state index contributed by atoms with van der Waals surface area (Å²) in [5.74, 6) is 0.643. The lowest BCUT2D eigenvalue weighted by atomic mass is 10.2. The average Bonchev–Trinajstić information content (AvgIpc) is 3.02. The summed E-state index contributed by atoms with van der Waals surface area (Å²) in [5.41, 5.74) is 3.88. The van der Waals surface area contributed by atoms with Gasteiger partial charge in [0.05, 0.1) is 24.9 Å². The SMILES string of the molecule is Cc1ccc(SCC(=O)N[C@@H]2CC[NH+](Cc3ccccc3)C2)c(C)c1. The Morgan fingerprint density at radius 1 is 1.20 bits per heavy atom. The normalized spacial score (nSPS) is 19.8. The second kappa shape index (κ2) is 8.54. The Kier molecular flexibility index (Phi) is 6.16. The van der Waals surface area contributed by atoms with Crippen LogP contribution in [-0.2, 0) is 11.3 Å². The third-order valence-electron chi connectivity index (χ3n) is 4.73. The van der Waals surface area contributed by atoms with Gasteiger partial charge < -0.3 is 10.2 Å². The fraction of sp³-hybridized carbons (Fsp3) is 0.381. The summed E-state index contributed by atoms with van der Waals surface area (Å²) in [6.45, 7) is 7.40. The van der Waals surface area contributed by atoms with Crippen molar-refractivity contribution in [1.29, 1.82) is 0 Å². The Bertz CT molecular complexity index is 717. The lowest BCUT2D eigenvalue weighted by Crippen LogP contribution is -3.09. The van der Waals surface area contributed by atoms with Crippen LogP contribution in [0.15, 0.2) is 53.4 Å². The van der Waals surface area contributed by atoms with Gasteiger partial charge in [-0.05, 0) is 25.5 Å². The zero-order valence-corrected chi connectivity index (χ0v) is 15.9. The molecule has 2 atom stereocenters. The van der Waals surface area contributed by atoms with Crippen molar-refractivity contribution in [2.24, 2.45) is 0 Å². The molecule has 4 heteroatoms. The van der Waals surface area contributed by atoms with Crippen LogP contribution in [0.1, 0.15) is 23.1 Å². The molecule has 1 aliphatic rings. The third kappa shape index (κ3) is 5.35. The molecule has 0 bridgehead atoms. The first-order valence-corrected chi connectivity index (χ1v) is 9.95. The molecule has 3 nitrogen and oxygen atoms in total. The van der Waals surface area contributed by atoms with Crippen LogP contribution in [0.4, 0.5) is 0 Å². The number of carbonyl (C=O) groups excluding carboxylic acids is 1. The van der Waals surface area contributed by atoms with Crippen molar-refractivity contribution in [2.75, 3.05) is 18.8 Å². The molecule has 2 aromatic rings. The van der Waals surface area contributed by atoms with Crippen LogP contribution in [0.25, 0.3) is 0 Å². The summed E-state index contributed by atoms with van der Waals surface area (Å²) in [7, 11) is 0. The van der Waals surface area contributed by atoms with Gasteiger partial charge in [0.25, 0.3) is 0 Å². The molecule has 3 rings (SSSR count). The van der Waals surface area contributed by atoms with E-state index in [0.29, 0.717) is 11.8 Å². The van der Waals surface area contributed by atoms with Crippen LogP contribution in [0.2, 0.25) is 0 Å². The molecule has 0 radical (unpaired) electrons. The van der Waals surface area contributed by atoms with Crippen LogP contribution in [-0.4, -0.2) is 30.8 Å². The van der Waals surface area contributed by atoms with Crippen LogP contribution in [0, 0.1) is 13.8 Å². The predicted octanol–water partition coefficient (Wildman–Crippen LogP) is 2.37. The van der Waals surface area contributed by atoms with E-state index in [9.17, 15) is 4.79 Å². The largest absolute Gasteiger partial charge is 0.347 e. The summed E-state index contributed by atoms with van der Waals surface area (Å²) in [6, 6.07) is 17.3. The maximum absolute atomic E-state index is 12.3. The number of aryl methyl sites for hydroxylation is 2. The number of carbonyl (C=O) groups is 1. The Labute approximate surface area is 154 Å². The number of likely N-dealkylation sites (tertiary alicyclic amines) is 1. The first-order valence-electron chi connectivity index (χ1n) is 8.97. The number of thioether (sulfide) groups is 1. The Morgan fingerprint density at radius 2 is 2.00 bits per heavy atom. The molecule has 0 aromatic heterocycles. The van der Waals surface area contributed by atoms with Crippen LogP contribution < -0.4 is 10.2 Å². The fourth-order valence-corrected chi connectivity index (χ4v) is 4.29. The van der Waals surface area contributed by atoms with Gasteiger partial charge >= 0.3 is 0 Å². The van der Waals surface area contributed by atoms with Gasteiger partial charge in [-0.3, -0.25) is 4.79 Å². The molecule has 1 aliphatic heterocycles. The van der Waals surface area contributed by atoms with Crippen LogP contribution in [0.3, 0.4) is 0 Å². The van der Waals surface area contributed by atoms with E-state index < -0.39 is 0 Å². The predicted molar refractivity (Wildman–Crippen MR) is 104 cm³/mol. The number of hydrogen-bond donors (Lipinski definition) is 2. The molecule has 25 heavy (non-hydrogen) atoms. The van der Waals surface area contributed by atoms with Crippen LogP contribution in [0.5, 0.6) is 0 Å². The Morgan fingerprint density at radius 3 is 2.76 bits per heavy atom. The van der Waals surface area contributed by atoms with Gasteiger partial charge in [-0.15, -0.1) is 11.8 Å². The van der Waals surface area contributed by atoms with E-state index in [-0.39, 0.29) is 5.91 Å². The van der Waals surface area contributed by atoms with Crippen molar-refractivity contribution in [3.05, 3.63) is 65.2 Å². The van der Waals surface area contributed by atoms with Gasteiger partial charge in [-0.1, -0.05) is 48.0 Å². The van der Waals surface area contributed by atoms with Gasteiger partial charge in [0.2, 0.25) is 5.91 Å². The molecule has 2 aromatic carbocycles. The monoisotopic (exact) mass is 355 g/mol. The summed E-state index contributed by atoms with van der Waals surface area (Å²) < 4.78 is 0. The second-order valence-electron chi connectivity index (χ2n) is 6.98. The highest BCUT2D eigenvalue weighted by Gasteiger charge is 2.27. The van der Waals surface area contributed by atoms with Gasteiger partial charge in [0.15, 0.2) is 0 Å². The minimum atomic E-state index is 0.149. The molecule has 1 fully saturated rings. The number of rotatable bonds is 6. The minimum absolute atomic E-state index is 0.149. The highest BCUT2D eigenvalue weighted by atomic mass is 32.2. The lowest BCUT2D eigenvalue weighted by Gasteiger charge is -2.14. The van der Waals surface area contributed by atoms with E-state index in [1.807, 2.05) is 0 Å². The van der Waals surface area contributed by atoms with E-state index in [0.717, 1.165) is 26.1 Å². The third-order valence-corrected chi connectivity index (χ3v) is 5.91. The molecular formula is C21H27N2OS+. The zero-order chi connectivity index (χ0) is 17.6. The van der Waals surface area contributed by atoms with Gasteiger partial charge in [-0.25, -0.2) is 0 Å². The van der Waals surface area contributed by atoms with E-state index in [1.54, 1.807) is 16.7 Å². The average molecular weight is 356 g/mol. The number of nitrogens with one attached hydrogen (secondary N) is 2. The van der Waals surface area contributed by atoms with Crippen molar-refractivity contribution in [2.45, 2.75) is 37.8 Å². The maximum Gasteiger partial charge on any atom is 0.230 e. The summed E-state index contributed by atoms with van der Waals surface area (Å²) in [6.07, 6.45) is 1.07. The minimum Gasteiger partial charge on any atom is -0.347 e. The number of amides is 1. The van der Waals surface area contributed by atoms with Gasteiger partial charge in [-0.2, -0.15) is 0 Å². The number of hydrogen-bond acceptors (Lipinski definition) is 2. The standard InChI is InChI=1S/C21H26N2OS/c1-16-8-9-20(17(2)12-16)25-15-21(24)22-19-10-11-23(14-19)13-18-6-4-3-5-7-18/h3-9,12,19H,10-11,13-15H2,1-2H3,(H,22,24)/p+1/t19-/m1/s1. The number of quaternary nitrogens is 1. The van der Waals surface area contributed by atoms with Gasteiger partial charge in [0, 0.05) is 16.9 Å². The zero-order valence-electron chi connectivity index (χ0n) is 15.0. The quantitative estimate of drug-likeness (QED) is 0.780. The number of benzene rings is 2. The van der Waals surface area contributed by atoms with Crippen LogP contribution >= 0.6 is 11.8 Å². The Balaban J connectivity index is 1.43. The topological polar surface area (TPSA) is 33.5 Å². The summed E-state index contributed by atoms with van der Waals surface area (Å²) in [5, 5.41) is 3.22. The van der Waals surface area contributed by atoms with Crippen molar-refractivity contribution in [1.82, 2.24) is 5.32 Å². The molecule has 0 saturated carbocycles. The first-order chi connectivity index (χ1) is 12.1. The second-order valence-corrected chi connectivity index (χ2v) is 7.99. The first kappa shape index (κ1) is 18.0. The highest BCUT2D eigenvalue weighted by molar-refractivity contribution is 8.00. The van der Waals surface area contributed by atoms with E-state index in [4.69, 9.17) is 0 Å². The molecule has 1 saturated heterocycles. The maximum atomic E-state index is 12.3. The van der Waals surface area contributed by atoms with E-state index in [1.165, 1.54) is 21.6 Å². The van der Waals surface area contributed by atoms with Crippen molar-refractivity contribution in [3.8, 4) is 0 Å². The lowest BCUT2D eigenvalue weighted by molar-refractivity contribution is -0.901. The van der Waals surface area contributed by atoms with E-state index >= 15 is 0 Å². The van der Waals surface area contributed by atoms with Crippen molar-refractivity contribution >= 4 is 17.7 Å². The molecule has 1 heterocycles. The Hall–Kier alpha value is -1.78. The molecule has 1 unspecified atom stereocenters. The van der Waals surface area contributed by atoms with Gasteiger partial charge in [0.1, 0.15) is 6.54 Å². The molecule has 1 amide bonds.